The van der Waals surface area contributed by atoms with E-state index in [1.807, 2.05) is 48.5 Å². The molecule has 52 heavy (non-hydrogen) atoms. The monoisotopic (exact) mass is 782 g/mol. The van der Waals surface area contributed by atoms with E-state index in [1.165, 1.54) is 99.7 Å². The third-order valence-electron chi connectivity index (χ3n) is 10.7. The molecule has 0 aliphatic rings. The third kappa shape index (κ3) is 8.61. The first kappa shape index (κ1) is 39.3. The van der Waals surface area contributed by atoms with Gasteiger partial charge in [0.2, 0.25) is 20.0 Å². The van der Waals surface area contributed by atoms with Gasteiger partial charge in [-0.15, -0.1) is 22.7 Å². The molecule has 0 amide bonds. The quantitative estimate of drug-likeness (QED) is 0.0573. The normalized spacial score (nSPS) is 12.9. The Bertz CT molecular complexity index is 2130. The summed E-state index contributed by atoms with van der Waals surface area (Å²) in [6, 6.07) is 15.5. The Labute approximate surface area is 319 Å². The van der Waals surface area contributed by atoms with Crippen LogP contribution < -0.4 is 0 Å². The first-order valence-corrected chi connectivity index (χ1v) is 25.0. The minimum atomic E-state index is -3.66. The standard InChI is InChI=1S/C42H58N2O4S4/c1-3-5-7-9-11-13-15-17-19-25-31-51(45,46)43-35-29-23-21-27-33(35)39-37(43)41-42(49-39)38-40(50-41)34-28-22-24-30-36(34)44(38)52(47,48)32-26-20-18-16-14-12-10-8-6-4-2/h21-24,27-30H,3-20,25-26,31-32H2,1-2H3. The van der Waals surface area contributed by atoms with E-state index in [4.69, 9.17) is 0 Å². The van der Waals surface area contributed by atoms with Crippen LogP contribution in [0.3, 0.4) is 0 Å². The lowest BCUT2D eigenvalue weighted by atomic mass is 10.1. The summed E-state index contributed by atoms with van der Waals surface area (Å²) in [7, 11) is -7.33. The molecule has 0 unspecified atom stereocenters. The number of aromatic nitrogens is 2. The van der Waals surface area contributed by atoms with Gasteiger partial charge in [0.05, 0.1) is 52.4 Å². The van der Waals surface area contributed by atoms with Crippen LogP contribution in [0.1, 0.15) is 142 Å². The number of rotatable bonds is 24. The van der Waals surface area contributed by atoms with E-state index < -0.39 is 20.0 Å². The van der Waals surface area contributed by atoms with Crippen LogP contribution in [0.4, 0.5) is 0 Å². The highest BCUT2D eigenvalue weighted by molar-refractivity contribution is 7.90. The van der Waals surface area contributed by atoms with Crippen molar-refractivity contribution in [3.63, 3.8) is 0 Å². The Morgan fingerprint density at radius 2 is 0.731 bits per heavy atom. The average Bonchev–Trinajstić information content (AvgIpc) is 3.85. The van der Waals surface area contributed by atoms with Gasteiger partial charge >= 0.3 is 0 Å². The minimum Gasteiger partial charge on any atom is -0.235 e. The molecule has 4 heterocycles. The summed E-state index contributed by atoms with van der Waals surface area (Å²) in [5.74, 6) is 0.198. The number of hydrogen-bond donors (Lipinski definition) is 0. The molecular weight excluding hydrogens is 725 g/mol. The summed E-state index contributed by atoms with van der Waals surface area (Å²) in [4.78, 5) is 0. The molecule has 6 nitrogen and oxygen atoms in total. The minimum absolute atomic E-state index is 0.0991. The average molecular weight is 783 g/mol. The number of unbranched alkanes of at least 4 members (excludes halogenated alkanes) is 18. The topological polar surface area (TPSA) is 78.1 Å². The molecule has 6 aromatic rings. The maximum atomic E-state index is 14.2. The Morgan fingerprint density at radius 3 is 1.08 bits per heavy atom. The molecule has 0 saturated carbocycles. The first-order valence-electron chi connectivity index (χ1n) is 20.1. The van der Waals surface area contributed by atoms with E-state index >= 15 is 0 Å². The van der Waals surface area contributed by atoms with E-state index in [-0.39, 0.29) is 11.5 Å². The molecule has 6 rings (SSSR count). The van der Waals surface area contributed by atoms with Crippen molar-refractivity contribution in [2.45, 2.75) is 142 Å². The molecule has 4 aromatic heterocycles. The van der Waals surface area contributed by atoms with Crippen molar-refractivity contribution >= 4 is 94.4 Å². The van der Waals surface area contributed by atoms with Crippen LogP contribution in [-0.2, 0) is 20.0 Å². The van der Waals surface area contributed by atoms with Crippen LogP contribution >= 0.6 is 22.7 Å². The Balaban J connectivity index is 1.25. The number of fused-ring (bicyclic) bond motifs is 9. The summed E-state index contributed by atoms with van der Waals surface area (Å²) < 4.78 is 63.7. The molecule has 0 spiro atoms. The predicted molar refractivity (Wildman–Crippen MR) is 228 cm³/mol. The second kappa shape index (κ2) is 18.3. The molecule has 0 aliphatic carbocycles. The maximum Gasteiger partial charge on any atom is 0.239 e. The maximum absolute atomic E-state index is 14.2. The van der Waals surface area contributed by atoms with Gasteiger partial charge in [0.15, 0.2) is 0 Å². The molecule has 284 valence electrons. The number of para-hydroxylation sites is 2. The summed E-state index contributed by atoms with van der Waals surface area (Å²) in [5, 5.41) is 1.81. The molecular formula is C42H58N2O4S4. The smallest absolute Gasteiger partial charge is 0.235 e. The van der Waals surface area contributed by atoms with Crippen molar-refractivity contribution < 1.29 is 16.8 Å². The summed E-state index contributed by atoms with van der Waals surface area (Å²) in [6.45, 7) is 4.48. The predicted octanol–water partition coefficient (Wildman–Crippen LogP) is 13.4. The molecule has 0 fully saturated rings. The van der Waals surface area contributed by atoms with Gasteiger partial charge in [-0.1, -0.05) is 166 Å². The van der Waals surface area contributed by atoms with Crippen LogP contribution in [0.2, 0.25) is 0 Å². The van der Waals surface area contributed by atoms with Gasteiger partial charge in [-0.3, -0.25) is 0 Å². The van der Waals surface area contributed by atoms with Gasteiger partial charge in [0.1, 0.15) is 0 Å². The van der Waals surface area contributed by atoms with Crippen molar-refractivity contribution in [2.75, 3.05) is 11.5 Å². The number of hydrogen-bond acceptors (Lipinski definition) is 6. The highest BCUT2D eigenvalue weighted by atomic mass is 32.2. The van der Waals surface area contributed by atoms with E-state index in [9.17, 15) is 16.8 Å². The molecule has 0 N–H and O–H groups in total. The van der Waals surface area contributed by atoms with Crippen molar-refractivity contribution in [1.29, 1.82) is 0 Å². The van der Waals surface area contributed by atoms with Gasteiger partial charge in [0.25, 0.3) is 0 Å². The first-order chi connectivity index (χ1) is 25.3. The largest absolute Gasteiger partial charge is 0.239 e. The van der Waals surface area contributed by atoms with Gasteiger partial charge in [-0.05, 0) is 25.0 Å². The highest BCUT2D eigenvalue weighted by Crippen LogP contribution is 2.51. The second-order valence-corrected chi connectivity index (χ2v) is 20.7. The lowest BCUT2D eigenvalue weighted by Crippen LogP contribution is -2.16. The van der Waals surface area contributed by atoms with Gasteiger partial charge in [-0.25, -0.2) is 24.8 Å². The number of benzene rings is 2. The molecule has 10 heteroatoms. The lowest BCUT2D eigenvalue weighted by molar-refractivity contribution is 0.556. The van der Waals surface area contributed by atoms with Crippen LogP contribution in [-0.4, -0.2) is 36.3 Å². The van der Waals surface area contributed by atoms with Crippen molar-refractivity contribution in [3.05, 3.63) is 48.5 Å². The SMILES string of the molecule is CCCCCCCCCCCCS(=O)(=O)n1c2ccccc2c2sc3c(sc4c5ccccc5n(S(=O)(=O)CCCCCCCCCCCC)c43)c21. The zero-order valence-corrected chi connectivity index (χ0v) is 34.6. The van der Waals surface area contributed by atoms with E-state index in [0.29, 0.717) is 34.9 Å². The molecule has 0 saturated heterocycles. The zero-order valence-electron chi connectivity index (χ0n) is 31.3. The highest BCUT2D eigenvalue weighted by Gasteiger charge is 2.30. The van der Waals surface area contributed by atoms with E-state index in [0.717, 1.165) is 68.1 Å². The van der Waals surface area contributed by atoms with Crippen molar-refractivity contribution in [3.8, 4) is 0 Å². The molecule has 0 bridgehead atoms. The Morgan fingerprint density at radius 1 is 0.423 bits per heavy atom. The van der Waals surface area contributed by atoms with Crippen LogP contribution in [0, 0.1) is 0 Å². The summed E-state index contributed by atoms with van der Waals surface area (Å²) in [5.41, 5.74) is 2.82. The molecule has 0 atom stereocenters. The van der Waals surface area contributed by atoms with Crippen LogP contribution in [0.5, 0.6) is 0 Å². The fourth-order valence-corrected chi connectivity index (χ4v) is 14.3. The van der Waals surface area contributed by atoms with Crippen LogP contribution in [0.25, 0.3) is 51.6 Å². The molecule has 2 aromatic carbocycles. The van der Waals surface area contributed by atoms with Gasteiger partial charge < -0.3 is 0 Å². The lowest BCUT2D eigenvalue weighted by Gasteiger charge is -2.10. The van der Waals surface area contributed by atoms with Crippen molar-refractivity contribution in [2.24, 2.45) is 0 Å². The fraction of sp³-hybridized carbons (Fsp3) is 0.571. The van der Waals surface area contributed by atoms with E-state index in [1.54, 1.807) is 7.94 Å². The summed E-state index contributed by atoms with van der Waals surface area (Å²) >= 11 is 3.08. The fourth-order valence-electron chi connectivity index (χ4n) is 7.88. The Hall–Kier alpha value is -2.40. The number of nitrogens with zero attached hydrogens (tertiary/aromatic N) is 2. The van der Waals surface area contributed by atoms with Gasteiger partial charge in [-0.2, -0.15) is 0 Å². The zero-order chi connectivity index (χ0) is 36.6. The van der Waals surface area contributed by atoms with E-state index in [2.05, 4.69) is 13.8 Å². The van der Waals surface area contributed by atoms with Gasteiger partial charge in [0, 0.05) is 10.8 Å². The summed E-state index contributed by atoms with van der Waals surface area (Å²) in [6.07, 6.45) is 22.9. The number of thiophene rings is 2. The second-order valence-electron chi connectivity index (χ2n) is 14.8. The van der Waals surface area contributed by atoms with Crippen molar-refractivity contribution in [1.82, 2.24) is 7.94 Å². The molecule has 0 aliphatic heterocycles. The third-order valence-corrected chi connectivity index (χ3v) is 16.7. The van der Waals surface area contributed by atoms with Crippen LogP contribution in [0.15, 0.2) is 48.5 Å². The molecule has 0 radical (unpaired) electrons. The Kier molecular flexibility index (Phi) is 13.8.